The molecular weight excluding hydrogens is 334 g/mol. The molecule has 0 atom stereocenters. The van der Waals surface area contributed by atoms with Crippen molar-refractivity contribution < 1.29 is 9.53 Å². The van der Waals surface area contributed by atoms with E-state index < -0.39 is 0 Å². The second-order valence-electron chi connectivity index (χ2n) is 4.61. The van der Waals surface area contributed by atoms with E-state index in [4.69, 9.17) is 10.00 Å². The third-order valence-electron chi connectivity index (χ3n) is 2.77. The van der Waals surface area contributed by atoms with Crippen molar-refractivity contribution in [1.82, 2.24) is 10.6 Å². The topological polar surface area (TPSA) is 74.2 Å². The first-order chi connectivity index (χ1) is 10.1. The summed E-state index contributed by atoms with van der Waals surface area (Å²) >= 11 is 3.47. The number of nitrogens with one attached hydrogen (secondary N) is 2. The standard InChI is InChI=1S/C15H20BrN3O2/c1-3-5-18-9-12-8-13(16)7-11(2)15(12)21-10-14(20)19-6-4-17/h7-8,18H,3,5-6,9-10H2,1-2H3,(H,19,20). The first kappa shape index (κ1) is 17.5. The fourth-order valence-corrected chi connectivity index (χ4v) is 2.48. The number of ether oxygens (including phenoxy) is 1. The molecule has 0 heterocycles. The molecule has 114 valence electrons. The van der Waals surface area contributed by atoms with E-state index in [0.717, 1.165) is 28.6 Å². The number of carbonyl (C=O) groups excluding carboxylic acids is 1. The highest BCUT2D eigenvalue weighted by molar-refractivity contribution is 9.10. The Kier molecular flexibility index (Phi) is 7.80. The van der Waals surface area contributed by atoms with Crippen LogP contribution in [0, 0.1) is 18.3 Å². The number of amides is 1. The number of rotatable bonds is 8. The molecule has 1 aromatic rings. The van der Waals surface area contributed by atoms with Crippen molar-refractivity contribution in [3.05, 3.63) is 27.7 Å². The molecule has 0 radical (unpaired) electrons. The highest BCUT2D eigenvalue weighted by Gasteiger charge is 2.11. The molecule has 5 nitrogen and oxygen atoms in total. The van der Waals surface area contributed by atoms with Gasteiger partial charge in [0.2, 0.25) is 0 Å². The van der Waals surface area contributed by atoms with Crippen molar-refractivity contribution in [2.75, 3.05) is 19.7 Å². The van der Waals surface area contributed by atoms with Gasteiger partial charge in [0.15, 0.2) is 6.61 Å². The van der Waals surface area contributed by atoms with Gasteiger partial charge in [-0.2, -0.15) is 5.26 Å². The van der Waals surface area contributed by atoms with Crippen LogP contribution in [0.25, 0.3) is 0 Å². The Morgan fingerprint density at radius 2 is 2.24 bits per heavy atom. The predicted octanol–water partition coefficient (Wildman–Crippen LogP) is 2.28. The average molecular weight is 354 g/mol. The normalized spacial score (nSPS) is 10.0. The number of nitrogens with zero attached hydrogens (tertiary/aromatic N) is 1. The zero-order chi connectivity index (χ0) is 15.7. The van der Waals surface area contributed by atoms with E-state index in [-0.39, 0.29) is 19.1 Å². The molecule has 1 rings (SSSR count). The van der Waals surface area contributed by atoms with Gasteiger partial charge in [0.1, 0.15) is 12.3 Å². The predicted molar refractivity (Wildman–Crippen MR) is 85.0 cm³/mol. The zero-order valence-corrected chi connectivity index (χ0v) is 13.9. The number of carbonyl (C=O) groups is 1. The summed E-state index contributed by atoms with van der Waals surface area (Å²) in [6.45, 7) is 5.56. The fourth-order valence-electron chi connectivity index (χ4n) is 1.86. The molecule has 0 unspecified atom stereocenters. The highest BCUT2D eigenvalue weighted by Crippen LogP contribution is 2.28. The second kappa shape index (κ2) is 9.37. The average Bonchev–Trinajstić information content (AvgIpc) is 2.44. The number of nitriles is 1. The maximum absolute atomic E-state index is 11.5. The number of halogens is 1. The van der Waals surface area contributed by atoms with Crippen molar-refractivity contribution in [2.24, 2.45) is 0 Å². The summed E-state index contributed by atoms with van der Waals surface area (Å²) in [5.74, 6) is 0.417. The van der Waals surface area contributed by atoms with Crippen LogP contribution in [0.15, 0.2) is 16.6 Å². The van der Waals surface area contributed by atoms with Crippen LogP contribution in [0.2, 0.25) is 0 Å². The SMILES string of the molecule is CCCNCc1cc(Br)cc(C)c1OCC(=O)NCC#N. The van der Waals surface area contributed by atoms with Gasteiger partial charge in [0, 0.05) is 16.6 Å². The van der Waals surface area contributed by atoms with Crippen LogP contribution in [0.1, 0.15) is 24.5 Å². The van der Waals surface area contributed by atoms with E-state index in [0.29, 0.717) is 12.3 Å². The third-order valence-corrected chi connectivity index (χ3v) is 3.23. The molecule has 1 amide bonds. The quantitative estimate of drug-likeness (QED) is 0.555. The highest BCUT2D eigenvalue weighted by atomic mass is 79.9. The van der Waals surface area contributed by atoms with Gasteiger partial charge >= 0.3 is 0 Å². The molecule has 1 aromatic carbocycles. The zero-order valence-electron chi connectivity index (χ0n) is 12.3. The summed E-state index contributed by atoms with van der Waals surface area (Å²) in [4.78, 5) is 11.5. The summed E-state index contributed by atoms with van der Waals surface area (Å²) in [6.07, 6.45) is 1.06. The molecule has 6 heteroatoms. The maximum atomic E-state index is 11.5. The lowest BCUT2D eigenvalue weighted by Gasteiger charge is -2.15. The molecule has 0 aromatic heterocycles. The Hall–Kier alpha value is -1.58. The maximum Gasteiger partial charge on any atom is 0.258 e. The number of hydrogen-bond donors (Lipinski definition) is 2. The lowest BCUT2D eigenvalue weighted by molar-refractivity contribution is -0.122. The minimum atomic E-state index is -0.300. The first-order valence-corrected chi connectivity index (χ1v) is 7.64. The van der Waals surface area contributed by atoms with Crippen molar-refractivity contribution in [1.29, 1.82) is 5.26 Å². The van der Waals surface area contributed by atoms with Crippen LogP contribution in [-0.4, -0.2) is 25.6 Å². The van der Waals surface area contributed by atoms with Crippen LogP contribution in [-0.2, 0) is 11.3 Å². The Bertz CT molecular complexity index is 526. The molecule has 0 bridgehead atoms. The molecule has 0 fully saturated rings. The molecular formula is C15H20BrN3O2. The Balaban J connectivity index is 2.74. The summed E-state index contributed by atoms with van der Waals surface area (Å²) in [5.41, 5.74) is 1.97. The van der Waals surface area contributed by atoms with Gasteiger partial charge in [-0.3, -0.25) is 4.79 Å². The number of benzene rings is 1. The lowest BCUT2D eigenvalue weighted by atomic mass is 10.1. The molecule has 2 N–H and O–H groups in total. The van der Waals surface area contributed by atoms with Crippen LogP contribution in [0.5, 0.6) is 5.75 Å². The first-order valence-electron chi connectivity index (χ1n) is 6.84. The van der Waals surface area contributed by atoms with Crippen LogP contribution >= 0.6 is 15.9 Å². The Morgan fingerprint density at radius 3 is 2.90 bits per heavy atom. The molecule has 0 aliphatic carbocycles. The Morgan fingerprint density at radius 1 is 1.48 bits per heavy atom. The molecule has 21 heavy (non-hydrogen) atoms. The van der Waals surface area contributed by atoms with Crippen LogP contribution in [0.4, 0.5) is 0 Å². The van der Waals surface area contributed by atoms with E-state index in [9.17, 15) is 4.79 Å². The minimum Gasteiger partial charge on any atom is -0.483 e. The van der Waals surface area contributed by atoms with Crippen molar-refractivity contribution in [3.8, 4) is 11.8 Å². The van der Waals surface area contributed by atoms with Gasteiger partial charge in [-0.15, -0.1) is 0 Å². The monoisotopic (exact) mass is 353 g/mol. The van der Waals surface area contributed by atoms with Gasteiger partial charge in [-0.25, -0.2) is 0 Å². The van der Waals surface area contributed by atoms with Gasteiger partial charge < -0.3 is 15.4 Å². The molecule has 0 aliphatic heterocycles. The van der Waals surface area contributed by atoms with Gasteiger partial charge in [0.25, 0.3) is 5.91 Å². The second-order valence-corrected chi connectivity index (χ2v) is 5.53. The summed E-state index contributed by atoms with van der Waals surface area (Å²) in [7, 11) is 0. The Labute approximate surface area is 133 Å². The fraction of sp³-hybridized carbons (Fsp3) is 0.467. The lowest BCUT2D eigenvalue weighted by Crippen LogP contribution is -2.29. The van der Waals surface area contributed by atoms with Crippen LogP contribution < -0.4 is 15.4 Å². The van der Waals surface area contributed by atoms with Crippen molar-refractivity contribution in [2.45, 2.75) is 26.8 Å². The van der Waals surface area contributed by atoms with Crippen LogP contribution in [0.3, 0.4) is 0 Å². The summed E-state index contributed by atoms with van der Waals surface area (Å²) in [5, 5.41) is 14.2. The largest absolute Gasteiger partial charge is 0.483 e. The molecule has 0 spiro atoms. The summed E-state index contributed by atoms with van der Waals surface area (Å²) < 4.78 is 6.61. The van der Waals surface area contributed by atoms with E-state index in [2.05, 4.69) is 33.5 Å². The third kappa shape index (κ3) is 6.15. The van der Waals surface area contributed by atoms with E-state index in [1.807, 2.05) is 25.1 Å². The van der Waals surface area contributed by atoms with E-state index in [1.165, 1.54) is 0 Å². The van der Waals surface area contributed by atoms with E-state index >= 15 is 0 Å². The summed E-state index contributed by atoms with van der Waals surface area (Å²) in [6, 6.07) is 5.79. The van der Waals surface area contributed by atoms with Crippen molar-refractivity contribution in [3.63, 3.8) is 0 Å². The van der Waals surface area contributed by atoms with Crippen molar-refractivity contribution >= 4 is 21.8 Å². The number of hydrogen-bond acceptors (Lipinski definition) is 4. The smallest absolute Gasteiger partial charge is 0.258 e. The molecule has 0 saturated heterocycles. The number of aryl methyl sites for hydroxylation is 1. The molecule has 0 aliphatic rings. The molecule has 0 saturated carbocycles. The van der Waals surface area contributed by atoms with Gasteiger partial charge in [-0.05, 0) is 37.6 Å². The van der Waals surface area contributed by atoms with Gasteiger partial charge in [0.05, 0.1) is 6.07 Å². The van der Waals surface area contributed by atoms with E-state index in [1.54, 1.807) is 0 Å². The minimum absolute atomic E-state index is 0.00751. The van der Waals surface area contributed by atoms with Gasteiger partial charge in [-0.1, -0.05) is 22.9 Å².